The molecule has 0 unspecified atom stereocenters. The molecule has 0 bridgehead atoms. The predicted octanol–water partition coefficient (Wildman–Crippen LogP) is 7.35. The van der Waals surface area contributed by atoms with Crippen LogP contribution in [0, 0.1) is 0 Å². The van der Waals surface area contributed by atoms with Crippen LogP contribution in [-0.2, 0) is 32.2 Å². The minimum atomic E-state index is -0.838. The summed E-state index contributed by atoms with van der Waals surface area (Å²) in [6.07, 6.45) is 1.39. The molecule has 1 saturated heterocycles. The highest BCUT2D eigenvalue weighted by molar-refractivity contribution is 5.76. The third-order valence-electron chi connectivity index (χ3n) is 9.03. The Balaban J connectivity index is 1.26. The molecule has 1 aliphatic rings. The van der Waals surface area contributed by atoms with Crippen molar-refractivity contribution in [2.24, 2.45) is 0 Å². The number of ether oxygens (including phenoxy) is 2. The number of carboxylic acids is 1. The van der Waals surface area contributed by atoms with Gasteiger partial charge >= 0.3 is 5.97 Å². The van der Waals surface area contributed by atoms with Crippen molar-refractivity contribution in [1.82, 2.24) is 10.2 Å². The van der Waals surface area contributed by atoms with E-state index >= 15 is 0 Å². The summed E-state index contributed by atoms with van der Waals surface area (Å²) in [6.45, 7) is 3.37. The molecular formula is C40H46N2O6. The predicted molar refractivity (Wildman–Crippen MR) is 186 cm³/mol. The lowest BCUT2D eigenvalue weighted by Gasteiger charge is -2.39. The Morgan fingerprint density at radius 3 is 2.25 bits per heavy atom. The lowest BCUT2D eigenvalue weighted by molar-refractivity contribution is -0.253. The van der Waals surface area contributed by atoms with Gasteiger partial charge in [-0.1, -0.05) is 97.1 Å². The largest absolute Gasteiger partial charge is 0.481 e. The molecule has 3 N–H and O–H groups in total. The maximum absolute atomic E-state index is 12.2. The normalized spacial score (nSPS) is 18.4. The fraction of sp³-hybridized carbons (Fsp3) is 0.350. The van der Waals surface area contributed by atoms with Crippen LogP contribution in [0.3, 0.4) is 0 Å². The standard InChI is InChI=1S/C40H46N2O6/c1-28(31-10-4-3-5-11-31)42(2)26-36-24-37(33-17-15-29(27-43)16-18-33)48-40(47-36)34-21-19-32(20-22-34)35-12-8-9-30(23-35)25-41-38(44)13-6-7-14-39(45)46/h3-5,8-12,15-23,28,36-37,40,43H,6-7,13-14,24-27H2,1-2H3,(H,41,44)(H,45,46)/t28-,36-,37+,40+/m0/s1. The summed E-state index contributed by atoms with van der Waals surface area (Å²) in [5, 5.41) is 21.3. The van der Waals surface area contributed by atoms with Gasteiger partial charge < -0.3 is 25.0 Å². The lowest BCUT2D eigenvalue weighted by Crippen LogP contribution is -2.38. The van der Waals surface area contributed by atoms with Crippen LogP contribution >= 0.6 is 0 Å². The second-order valence-electron chi connectivity index (χ2n) is 12.6. The van der Waals surface area contributed by atoms with Crippen molar-refractivity contribution >= 4 is 11.9 Å². The van der Waals surface area contributed by atoms with E-state index in [0.29, 0.717) is 32.2 Å². The highest BCUT2D eigenvalue weighted by Gasteiger charge is 2.33. The summed E-state index contributed by atoms with van der Waals surface area (Å²) in [5.41, 5.74) is 7.19. The first-order chi connectivity index (χ1) is 23.3. The molecule has 8 heteroatoms. The Bertz CT molecular complexity index is 1610. The summed E-state index contributed by atoms with van der Waals surface area (Å²) in [7, 11) is 2.13. The van der Waals surface area contributed by atoms with Crippen molar-refractivity contribution in [3.63, 3.8) is 0 Å². The number of nitrogens with zero attached hydrogens (tertiary/aromatic N) is 1. The van der Waals surface area contributed by atoms with Gasteiger partial charge in [0.1, 0.15) is 0 Å². The molecule has 8 nitrogen and oxygen atoms in total. The molecule has 4 atom stereocenters. The average molecular weight is 651 g/mol. The van der Waals surface area contributed by atoms with Gasteiger partial charge in [0, 0.05) is 44.0 Å². The topological polar surface area (TPSA) is 108 Å². The van der Waals surface area contributed by atoms with Crippen molar-refractivity contribution in [2.45, 2.75) is 76.7 Å². The Hall–Kier alpha value is -4.34. The first-order valence-corrected chi connectivity index (χ1v) is 16.7. The van der Waals surface area contributed by atoms with E-state index in [4.69, 9.17) is 14.6 Å². The van der Waals surface area contributed by atoms with Crippen molar-refractivity contribution in [3.8, 4) is 11.1 Å². The maximum Gasteiger partial charge on any atom is 0.303 e. The van der Waals surface area contributed by atoms with Gasteiger partial charge in [0.25, 0.3) is 0 Å². The van der Waals surface area contributed by atoms with E-state index in [1.807, 2.05) is 48.5 Å². The van der Waals surface area contributed by atoms with Gasteiger partial charge in [-0.3, -0.25) is 14.5 Å². The van der Waals surface area contributed by atoms with Gasteiger partial charge in [0.15, 0.2) is 6.29 Å². The van der Waals surface area contributed by atoms with Crippen LogP contribution in [0.25, 0.3) is 11.1 Å². The Labute approximate surface area is 283 Å². The number of carbonyl (C=O) groups excluding carboxylic acids is 1. The molecule has 1 amide bonds. The zero-order chi connectivity index (χ0) is 33.9. The Morgan fingerprint density at radius 1 is 0.833 bits per heavy atom. The average Bonchev–Trinajstić information content (AvgIpc) is 3.12. The number of carbonyl (C=O) groups is 2. The van der Waals surface area contributed by atoms with Crippen LogP contribution in [0.15, 0.2) is 103 Å². The number of aliphatic hydroxyl groups excluding tert-OH is 1. The minimum absolute atomic E-state index is 0.00239. The number of benzene rings is 4. The van der Waals surface area contributed by atoms with E-state index in [-0.39, 0.29) is 37.2 Å². The quantitative estimate of drug-likeness (QED) is 0.116. The summed E-state index contributed by atoms with van der Waals surface area (Å²) in [4.78, 5) is 25.2. The molecule has 0 saturated carbocycles. The molecule has 0 aromatic heterocycles. The number of carboxylic acid groups (broad SMARTS) is 1. The zero-order valence-corrected chi connectivity index (χ0v) is 27.8. The van der Waals surface area contributed by atoms with Crippen molar-refractivity contribution in [3.05, 3.63) is 131 Å². The third-order valence-corrected chi connectivity index (χ3v) is 9.03. The third kappa shape index (κ3) is 9.84. The monoisotopic (exact) mass is 650 g/mol. The number of aliphatic carboxylic acids is 1. The molecule has 0 aliphatic carbocycles. The van der Waals surface area contributed by atoms with Crippen molar-refractivity contribution < 1.29 is 29.3 Å². The van der Waals surface area contributed by atoms with Gasteiger partial charge in [0.05, 0.1) is 18.8 Å². The summed E-state index contributed by atoms with van der Waals surface area (Å²) < 4.78 is 13.2. The van der Waals surface area contributed by atoms with Gasteiger partial charge in [0.2, 0.25) is 5.91 Å². The molecule has 1 fully saturated rings. The number of hydrogen-bond donors (Lipinski definition) is 3. The molecule has 4 aromatic rings. The molecule has 4 aromatic carbocycles. The number of hydrogen-bond acceptors (Lipinski definition) is 6. The number of likely N-dealkylation sites (N-methyl/N-ethyl adjacent to an activating group) is 1. The second kappa shape index (κ2) is 17.2. The summed E-state index contributed by atoms with van der Waals surface area (Å²) >= 11 is 0. The fourth-order valence-corrected chi connectivity index (χ4v) is 6.04. The summed E-state index contributed by atoms with van der Waals surface area (Å²) in [6, 6.07) is 35.0. The van der Waals surface area contributed by atoms with Crippen molar-refractivity contribution in [1.29, 1.82) is 0 Å². The first-order valence-electron chi connectivity index (χ1n) is 16.7. The molecular weight excluding hydrogens is 604 g/mol. The van der Waals surface area contributed by atoms with Gasteiger partial charge in [-0.25, -0.2) is 0 Å². The molecule has 0 radical (unpaired) electrons. The number of nitrogens with one attached hydrogen (secondary N) is 1. The van der Waals surface area contributed by atoms with E-state index in [0.717, 1.165) is 39.9 Å². The van der Waals surface area contributed by atoms with E-state index in [1.54, 1.807) is 0 Å². The molecule has 0 spiro atoms. The molecule has 48 heavy (non-hydrogen) atoms. The number of aliphatic hydroxyl groups is 1. The number of rotatable bonds is 15. The highest BCUT2D eigenvalue weighted by atomic mass is 16.7. The molecule has 1 heterocycles. The van der Waals surface area contributed by atoms with Gasteiger partial charge in [-0.2, -0.15) is 0 Å². The highest BCUT2D eigenvalue weighted by Crippen LogP contribution is 2.39. The number of unbranched alkanes of at least 4 members (excludes halogenated alkanes) is 1. The SMILES string of the molecule is C[C@@H](c1ccccc1)N(C)C[C@@H]1C[C@H](c2ccc(CO)cc2)O[C@H](c2ccc(-c3cccc(CNC(=O)CCCCC(=O)O)c3)cc2)O1. The van der Waals surface area contributed by atoms with Crippen LogP contribution in [0.5, 0.6) is 0 Å². The van der Waals surface area contributed by atoms with Crippen molar-refractivity contribution in [2.75, 3.05) is 13.6 Å². The fourth-order valence-electron chi connectivity index (χ4n) is 6.04. The Kier molecular flexibility index (Phi) is 12.5. The van der Waals surface area contributed by atoms with Gasteiger partial charge in [-0.05, 0) is 66.3 Å². The maximum atomic E-state index is 12.2. The van der Waals surface area contributed by atoms with Gasteiger partial charge in [-0.15, -0.1) is 0 Å². The smallest absolute Gasteiger partial charge is 0.303 e. The van der Waals surface area contributed by atoms with Crippen LogP contribution in [0.4, 0.5) is 0 Å². The second-order valence-corrected chi connectivity index (χ2v) is 12.6. The summed E-state index contributed by atoms with van der Waals surface area (Å²) in [5.74, 6) is -0.918. The Morgan fingerprint density at radius 2 is 1.54 bits per heavy atom. The van der Waals surface area contributed by atoms with E-state index in [1.165, 1.54) is 5.56 Å². The lowest BCUT2D eigenvalue weighted by atomic mass is 9.98. The van der Waals surface area contributed by atoms with Crippen LogP contribution < -0.4 is 5.32 Å². The minimum Gasteiger partial charge on any atom is -0.481 e. The molecule has 1 aliphatic heterocycles. The van der Waals surface area contributed by atoms with Crippen LogP contribution in [0.2, 0.25) is 0 Å². The van der Waals surface area contributed by atoms with E-state index in [9.17, 15) is 14.7 Å². The molecule has 5 rings (SSSR count). The van der Waals surface area contributed by atoms with Crippen LogP contribution in [0.1, 0.15) is 85.3 Å². The van der Waals surface area contributed by atoms with E-state index in [2.05, 4.69) is 78.8 Å². The first kappa shape index (κ1) is 35.0. The number of amides is 1. The zero-order valence-electron chi connectivity index (χ0n) is 27.8. The van der Waals surface area contributed by atoms with E-state index < -0.39 is 12.3 Å². The van der Waals surface area contributed by atoms with Crippen LogP contribution in [-0.4, -0.2) is 46.7 Å². The molecule has 252 valence electrons.